The first-order valence-electron chi connectivity index (χ1n) is 11.3. The lowest BCUT2D eigenvalue weighted by molar-refractivity contribution is 0.161. The van der Waals surface area contributed by atoms with Crippen LogP contribution in [0.15, 0.2) is 48.7 Å². The largest absolute Gasteiger partial charge is 0.497 e. The van der Waals surface area contributed by atoms with Gasteiger partial charge >= 0.3 is 0 Å². The Balaban J connectivity index is 1.33. The Labute approximate surface area is 194 Å². The lowest BCUT2D eigenvalue weighted by Crippen LogP contribution is -2.38. The summed E-state index contributed by atoms with van der Waals surface area (Å²) >= 11 is 5.51. The zero-order chi connectivity index (χ0) is 21.9. The van der Waals surface area contributed by atoms with E-state index in [0.717, 1.165) is 47.3 Å². The zero-order valence-corrected chi connectivity index (χ0v) is 19.2. The molecule has 1 atom stereocenters. The van der Waals surface area contributed by atoms with Crippen LogP contribution in [0.3, 0.4) is 0 Å². The molecule has 0 aliphatic carbocycles. The fourth-order valence-corrected chi connectivity index (χ4v) is 5.04. The van der Waals surface area contributed by atoms with Gasteiger partial charge in [0.1, 0.15) is 11.6 Å². The van der Waals surface area contributed by atoms with E-state index < -0.39 is 0 Å². The number of piperidine rings is 1. The number of rotatable bonds is 4. The summed E-state index contributed by atoms with van der Waals surface area (Å²) in [5, 5.41) is 6.91. The number of methoxy groups -OCH3 is 1. The van der Waals surface area contributed by atoms with Gasteiger partial charge in [-0.1, -0.05) is 18.6 Å². The maximum Gasteiger partial charge on any atom is 0.176 e. The molecule has 0 saturated carbocycles. The van der Waals surface area contributed by atoms with E-state index in [0.29, 0.717) is 5.11 Å². The number of ether oxygens (including phenoxy) is 1. The van der Waals surface area contributed by atoms with Gasteiger partial charge in [-0.25, -0.2) is 4.98 Å². The lowest BCUT2D eigenvalue weighted by atomic mass is 9.96. The number of benzene rings is 1. The third-order valence-corrected chi connectivity index (χ3v) is 6.71. The Morgan fingerprint density at radius 2 is 2.12 bits per heavy atom. The highest BCUT2D eigenvalue weighted by Gasteiger charge is 2.25. The van der Waals surface area contributed by atoms with Gasteiger partial charge in [-0.15, -0.1) is 0 Å². The molecule has 3 N–H and O–H groups in total. The van der Waals surface area contributed by atoms with Gasteiger partial charge in [0.15, 0.2) is 5.11 Å². The number of nitrogens with zero attached hydrogens (tertiary/aromatic N) is 2. The highest BCUT2D eigenvalue weighted by atomic mass is 32.1. The summed E-state index contributed by atoms with van der Waals surface area (Å²) < 4.78 is 5.28. The van der Waals surface area contributed by atoms with Crippen molar-refractivity contribution in [3.8, 4) is 5.75 Å². The molecule has 1 unspecified atom stereocenters. The molecule has 4 heterocycles. The van der Waals surface area contributed by atoms with Gasteiger partial charge in [-0.3, -0.25) is 4.90 Å². The maximum absolute atomic E-state index is 5.51. The van der Waals surface area contributed by atoms with Gasteiger partial charge in [0.05, 0.1) is 18.1 Å². The molecular weight excluding hydrogens is 418 g/mol. The van der Waals surface area contributed by atoms with Crippen LogP contribution in [0, 0.1) is 0 Å². The zero-order valence-electron chi connectivity index (χ0n) is 18.4. The summed E-state index contributed by atoms with van der Waals surface area (Å²) in [7, 11) is 1.65. The average molecular weight is 448 g/mol. The van der Waals surface area contributed by atoms with Crippen molar-refractivity contribution in [3.05, 3.63) is 54.2 Å². The summed E-state index contributed by atoms with van der Waals surface area (Å²) in [6.07, 6.45) is 10.9. The molecule has 5 rings (SSSR count). The van der Waals surface area contributed by atoms with Gasteiger partial charge in [0, 0.05) is 36.1 Å². The Bertz CT molecular complexity index is 1150. The molecule has 1 fully saturated rings. The Morgan fingerprint density at radius 1 is 1.19 bits per heavy atom. The maximum atomic E-state index is 5.51. The molecule has 1 saturated heterocycles. The molecule has 3 aromatic rings. The van der Waals surface area contributed by atoms with Crippen molar-refractivity contribution in [2.45, 2.75) is 38.1 Å². The first-order chi connectivity index (χ1) is 15.7. The molecule has 32 heavy (non-hydrogen) atoms. The topological polar surface area (TPSA) is 65.2 Å². The van der Waals surface area contributed by atoms with Gasteiger partial charge in [-0.05, 0) is 74.3 Å². The Morgan fingerprint density at radius 3 is 3.03 bits per heavy atom. The van der Waals surface area contributed by atoms with Crippen molar-refractivity contribution in [2.75, 3.05) is 30.8 Å². The molecule has 2 aromatic heterocycles. The van der Waals surface area contributed by atoms with Crippen LogP contribution < -0.4 is 15.4 Å². The highest BCUT2D eigenvalue weighted by Crippen LogP contribution is 2.33. The minimum Gasteiger partial charge on any atom is -0.497 e. The summed E-state index contributed by atoms with van der Waals surface area (Å²) in [6, 6.07) is 12.4. The van der Waals surface area contributed by atoms with Crippen LogP contribution in [0.1, 0.15) is 37.7 Å². The Hall–Kier alpha value is -2.90. The van der Waals surface area contributed by atoms with E-state index in [2.05, 4.69) is 38.9 Å². The number of allylic oxidation sites excluding steroid dienone is 1. The summed E-state index contributed by atoms with van der Waals surface area (Å²) in [5.74, 6) is 1.51. The molecule has 0 bridgehead atoms. The van der Waals surface area contributed by atoms with Crippen LogP contribution in [0.2, 0.25) is 0 Å². The minimum atomic E-state index is 0.493. The van der Waals surface area contributed by atoms with Crippen LogP contribution in [0.4, 0.5) is 11.5 Å². The number of anilines is 2. The second-order valence-electron chi connectivity index (χ2n) is 8.52. The van der Waals surface area contributed by atoms with E-state index >= 15 is 0 Å². The number of fused-ring (bicyclic) bond motifs is 2. The summed E-state index contributed by atoms with van der Waals surface area (Å²) in [4.78, 5) is 10.9. The smallest absolute Gasteiger partial charge is 0.176 e. The molecule has 2 aliphatic rings. The third kappa shape index (κ3) is 4.49. The van der Waals surface area contributed by atoms with Crippen LogP contribution in [-0.2, 0) is 0 Å². The molecule has 0 spiro atoms. The molecule has 0 radical (unpaired) electrons. The van der Waals surface area contributed by atoms with E-state index in [1.54, 1.807) is 7.11 Å². The molecular formula is C25H29N5OS. The predicted octanol–water partition coefficient (Wildman–Crippen LogP) is 5.41. The number of H-pyrrole nitrogens is 1. The van der Waals surface area contributed by atoms with Crippen LogP contribution in [0.5, 0.6) is 5.75 Å². The van der Waals surface area contributed by atoms with Crippen molar-refractivity contribution in [1.82, 2.24) is 14.9 Å². The predicted molar refractivity (Wildman–Crippen MR) is 135 cm³/mol. The molecule has 0 amide bonds. The van der Waals surface area contributed by atoms with Crippen LogP contribution >= 0.6 is 12.2 Å². The quantitative estimate of drug-likeness (QED) is 0.465. The van der Waals surface area contributed by atoms with E-state index in [4.69, 9.17) is 21.9 Å². The number of pyridine rings is 1. The fourth-order valence-electron chi connectivity index (χ4n) is 4.82. The van der Waals surface area contributed by atoms with Crippen molar-refractivity contribution >= 4 is 45.4 Å². The summed E-state index contributed by atoms with van der Waals surface area (Å²) in [6.45, 7) is 2.27. The fraction of sp³-hybridized carbons (Fsp3) is 0.360. The van der Waals surface area contributed by atoms with Gasteiger partial charge in [-0.2, -0.15) is 0 Å². The van der Waals surface area contributed by atoms with Gasteiger partial charge in [0.25, 0.3) is 0 Å². The summed E-state index contributed by atoms with van der Waals surface area (Å²) in [5.41, 5.74) is 5.50. The molecule has 7 heteroatoms. The van der Waals surface area contributed by atoms with E-state index in [9.17, 15) is 0 Å². The van der Waals surface area contributed by atoms with Gasteiger partial charge < -0.3 is 20.4 Å². The average Bonchev–Trinajstić information content (AvgIpc) is 3.10. The molecule has 1 aromatic carbocycles. The SMILES string of the molecule is COc1cccc(NC(=S)Nc2ccc3[nH]cc(C4=CCN5CCCCC5CC4)c3n2)c1. The first-order valence-corrected chi connectivity index (χ1v) is 11.7. The van der Waals surface area contributed by atoms with Crippen molar-refractivity contribution < 1.29 is 4.74 Å². The standard InChI is InChI=1S/C25H29N5OS/c1-31-20-7-4-5-18(15-20)27-25(32)29-23-11-10-22-24(28-23)21(16-26-22)17-8-9-19-6-2-3-13-30(19)14-12-17/h4-5,7,10-12,15-16,19,26H,2-3,6,8-9,13-14H2,1H3,(H2,27,28,29,32). The number of hydrogen-bond donors (Lipinski definition) is 3. The molecule has 2 aliphatic heterocycles. The van der Waals surface area contributed by atoms with E-state index in [-0.39, 0.29) is 0 Å². The second-order valence-corrected chi connectivity index (χ2v) is 8.93. The van der Waals surface area contributed by atoms with Crippen molar-refractivity contribution in [1.29, 1.82) is 0 Å². The number of nitrogens with one attached hydrogen (secondary N) is 3. The van der Waals surface area contributed by atoms with Crippen molar-refractivity contribution in [2.24, 2.45) is 0 Å². The highest BCUT2D eigenvalue weighted by molar-refractivity contribution is 7.80. The monoisotopic (exact) mass is 447 g/mol. The van der Waals surface area contributed by atoms with E-state index in [1.807, 2.05) is 30.3 Å². The van der Waals surface area contributed by atoms with Crippen LogP contribution in [0.25, 0.3) is 16.6 Å². The Kier molecular flexibility index (Phi) is 6.10. The lowest BCUT2D eigenvalue weighted by Gasteiger charge is -2.33. The number of aromatic amines is 1. The number of aromatic nitrogens is 2. The number of hydrogen-bond acceptors (Lipinski definition) is 4. The molecule has 166 valence electrons. The third-order valence-electron chi connectivity index (χ3n) is 6.51. The first kappa shape index (κ1) is 21.0. The number of thiocarbonyl (C=S) groups is 1. The van der Waals surface area contributed by atoms with Crippen LogP contribution in [-0.4, -0.2) is 46.2 Å². The second kappa shape index (κ2) is 9.30. The van der Waals surface area contributed by atoms with E-state index in [1.165, 1.54) is 43.4 Å². The molecule has 6 nitrogen and oxygen atoms in total. The minimum absolute atomic E-state index is 0.493. The van der Waals surface area contributed by atoms with Crippen molar-refractivity contribution in [3.63, 3.8) is 0 Å². The normalized spacial score (nSPS) is 19.0. The van der Waals surface area contributed by atoms with Gasteiger partial charge in [0.2, 0.25) is 0 Å².